The number of benzene rings is 1. The lowest BCUT2D eigenvalue weighted by molar-refractivity contribution is 0.0821. The van der Waals surface area contributed by atoms with E-state index in [0.717, 1.165) is 37.5 Å². The SMILES string of the molecule is C[C@@H]1CN(c2cccc(-n3cccn3)c2C#N)CCCO1. The highest BCUT2D eigenvalue weighted by molar-refractivity contribution is 5.67. The zero-order valence-corrected chi connectivity index (χ0v) is 12.1. The maximum atomic E-state index is 9.62. The minimum absolute atomic E-state index is 0.174. The highest BCUT2D eigenvalue weighted by Gasteiger charge is 2.20. The van der Waals surface area contributed by atoms with Crippen LogP contribution in [-0.4, -0.2) is 35.6 Å². The first-order chi connectivity index (χ1) is 10.3. The second kappa shape index (κ2) is 5.98. The largest absolute Gasteiger partial charge is 0.377 e. The number of hydrogen-bond acceptors (Lipinski definition) is 4. The van der Waals surface area contributed by atoms with Crippen LogP contribution in [0.15, 0.2) is 36.7 Å². The summed E-state index contributed by atoms with van der Waals surface area (Å²) in [5, 5.41) is 13.9. The molecule has 1 fully saturated rings. The molecule has 1 saturated heterocycles. The Bertz CT molecular complexity index is 645. The number of aromatic nitrogens is 2. The van der Waals surface area contributed by atoms with Gasteiger partial charge in [0.05, 0.1) is 17.5 Å². The Morgan fingerprint density at radius 2 is 2.19 bits per heavy atom. The maximum Gasteiger partial charge on any atom is 0.104 e. The van der Waals surface area contributed by atoms with Crippen molar-refractivity contribution in [3.63, 3.8) is 0 Å². The summed E-state index contributed by atoms with van der Waals surface area (Å²) in [4.78, 5) is 2.24. The second-order valence-corrected chi connectivity index (χ2v) is 5.21. The number of nitriles is 1. The van der Waals surface area contributed by atoms with Gasteiger partial charge in [0.15, 0.2) is 0 Å². The van der Waals surface area contributed by atoms with E-state index in [-0.39, 0.29) is 6.10 Å². The van der Waals surface area contributed by atoms with Crippen molar-refractivity contribution in [3.8, 4) is 11.8 Å². The molecule has 2 aromatic rings. The van der Waals surface area contributed by atoms with E-state index in [1.54, 1.807) is 10.9 Å². The van der Waals surface area contributed by atoms with Crippen LogP contribution in [0.2, 0.25) is 0 Å². The molecule has 5 heteroatoms. The third-order valence-corrected chi connectivity index (χ3v) is 3.68. The summed E-state index contributed by atoms with van der Waals surface area (Å²) < 4.78 is 7.42. The minimum Gasteiger partial charge on any atom is -0.377 e. The molecule has 1 atom stereocenters. The molecule has 21 heavy (non-hydrogen) atoms. The minimum atomic E-state index is 0.174. The van der Waals surface area contributed by atoms with Gasteiger partial charge in [-0.15, -0.1) is 0 Å². The Kier molecular flexibility index (Phi) is 3.89. The van der Waals surface area contributed by atoms with Crippen LogP contribution in [-0.2, 0) is 4.74 Å². The zero-order chi connectivity index (χ0) is 14.7. The summed E-state index contributed by atoms with van der Waals surface area (Å²) in [5.41, 5.74) is 2.44. The predicted octanol–water partition coefficient (Wildman–Crippen LogP) is 2.36. The van der Waals surface area contributed by atoms with E-state index in [9.17, 15) is 5.26 Å². The molecule has 1 aliphatic rings. The van der Waals surface area contributed by atoms with Gasteiger partial charge in [-0.3, -0.25) is 0 Å². The predicted molar refractivity (Wildman–Crippen MR) is 80.5 cm³/mol. The van der Waals surface area contributed by atoms with Crippen LogP contribution >= 0.6 is 0 Å². The number of ether oxygens (including phenoxy) is 1. The van der Waals surface area contributed by atoms with Gasteiger partial charge in [0.1, 0.15) is 11.6 Å². The molecular formula is C16H18N4O. The Labute approximate surface area is 124 Å². The van der Waals surface area contributed by atoms with Gasteiger partial charge in [0.25, 0.3) is 0 Å². The van der Waals surface area contributed by atoms with Crippen molar-refractivity contribution in [2.45, 2.75) is 19.4 Å². The molecule has 0 unspecified atom stereocenters. The van der Waals surface area contributed by atoms with Crippen molar-refractivity contribution in [3.05, 3.63) is 42.2 Å². The van der Waals surface area contributed by atoms with Gasteiger partial charge >= 0.3 is 0 Å². The normalized spacial score (nSPS) is 19.0. The molecule has 0 saturated carbocycles. The third kappa shape index (κ3) is 2.76. The summed E-state index contributed by atoms with van der Waals surface area (Å²) >= 11 is 0. The van der Waals surface area contributed by atoms with E-state index >= 15 is 0 Å². The smallest absolute Gasteiger partial charge is 0.104 e. The molecule has 1 aliphatic heterocycles. The Hall–Kier alpha value is -2.32. The summed E-state index contributed by atoms with van der Waals surface area (Å²) in [5.74, 6) is 0. The van der Waals surface area contributed by atoms with Crippen LogP contribution in [0.25, 0.3) is 5.69 Å². The average Bonchev–Trinajstić information content (AvgIpc) is 2.95. The lowest BCUT2D eigenvalue weighted by Gasteiger charge is -2.26. The Morgan fingerprint density at radius 1 is 1.33 bits per heavy atom. The van der Waals surface area contributed by atoms with Gasteiger partial charge in [-0.1, -0.05) is 6.07 Å². The summed E-state index contributed by atoms with van der Waals surface area (Å²) in [7, 11) is 0. The monoisotopic (exact) mass is 282 g/mol. The van der Waals surface area contributed by atoms with E-state index in [4.69, 9.17) is 4.74 Å². The molecular weight excluding hydrogens is 264 g/mol. The molecule has 5 nitrogen and oxygen atoms in total. The highest BCUT2D eigenvalue weighted by Crippen LogP contribution is 2.27. The number of hydrogen-bond donors (Lipinski definition) is 0. The van der Waals surface area contributed by atoms with Gasteiger partial charge in [0, 0.05) is 32.1 Å². The molecule has 2 heterocycles. The van der Waals surface area contributed by atoms with E-state index in [0.29, 0.717) is 5.56 Å². The average molecular weight is 282 g/mol. The number of rotatable bonds is 2. The molecule has 0 radical (unpaired) electrons. The van der Waals surface area contributed by atoms with Gasteiger partial charge < -0.3 is 9.64 Å². The first-order valence-electron chi connectivity index (χ1n) is 7.19. The summed E-state index contributed by atoms with van der Waals surface area (Å²) in [6, 6.07) is 10.1. The lowest BCUT2D eigenvalue weighted by Crippen LogP contribution is -2.30. The quantitative estimate of drug-likeness (QED) is 0.848. The second-order valence-electron chi connectivity index (χ2n) is 5.21. The van der Waals surface area contributed by atoms with E-state index in [2.05, 4.69) is 23.0 Å². The number of anilines is 1. The maximum absolute atomic E-state index is 9.62. The topological polar surface area (TPSA) is 54.1 Å². The molecule has 0 bridgehead atoms. The van der Waals surface area contributed by atoms with Crippen molar-refractivity contribution >= 4 is 5.69 Å². The van der Waals surface area contributed by atoms with Crippen LogP contribution in [0.1, 0.15) is 18.9 Å². The van der Waals surface area contributed by atoms with Gasteiger partial charge in [0.2, 0.25) is 0 Å². The molecule has 108 valence electrons. The van der Waals surface area contributed by atoms with Gasteiger partial charge in [-0.25, -0.2) is 4.68 Å². The van der Waals surface area contributed by atoms with E-state index < -0.39 is 0 Å². The lowest BCUT2D eigenvalue weighted by atomic mass is 10.1. The fourth-order valence-electron chi connectivity index (χ4n) is 2.72. The zero-order valence-electron chi connectivity index (χ0n) is 12.1. The van der Waals surface area contributed by atoms with E-state index in [1.807, 2.05) is 30.5 Å². The highest BCUT2D eigenvalue weighted by atomic mass is 16.5. The summed E-state index contributed by atoms with van der Waals surface area (Å²) in [6.07, 6.45) is 4.72. The first kappa shape index (κ1) is 13.7. The van der Waals surface area contributed by atoms with Crippen molar-refractivity contribution < 1.29 is 4.74 Å². The van der Waals surface area contributed by atoms with Crippen molar-refractivity contribution in [2.75, 3.05) is 24.6 Å². The number of nitrogens with zero attached hydrogens (tertiary/aromatic N) is 4. The first-order valence-corrected chi connectivity index (χ1v) is 7.19. The van der Waals surface area contributed by atoms with Crippen molar-refractivity contribution in [1.29, 1.82) is 5.26 Å². The Morgan fingerprint density at radius 3 is 2.95 bits per heavy atom. The van der Waals surface area contributed by atoms with Crippen LogP contribution < -0.4 is 4.90 Å². The Balaban J connectivity index is 2.02. The molecule has 1 aromatic carbocycles. The van der Waals surface area contributed by atoms with Gasteiger partial charge in [-0.2, -0.15) is 10.4 Å². The molecule has 0 amide bonds. The molecule has 1 aromatic heterocycles. The fraction of sp³-hybridized carbons (Fsp3) is 0.375. The van der Waals surface area contributed by atoms with Gasteiger partial charge in [-0.05, 0) is 31.5 Å². The summed E-state index contributed by atoms with van der Waals surface area (Å²) in [6.45, 7) is 4.55. The molecule has 3 rings (SSSR count). The standard InChI is InChI=1S/C16H18N4O/c1-13-12-19(8-4-10-21-13)15-5-2-6-16(14(15)11-17)20-9-3-7-18-20/h2-3,5-7,9,13H,4,8,10,12H2,1H3/t13-/m1/s1. The van der Waals surface area contributed by atoms with Crippen LogP contribution in [0, 0.1) is 11.3 Å². The van der Waals surface area contributed by atoms with Crippen LogP contribution in [0.4, 0.5) is 5.69 Å². The van der Waals surface area contributed by atoms with Crippen molar-refractivity contribution in [2.24, 2.45) is 0 Å². The van der Waals surface area contributed by atoms with Crippen LogP contribution in [0.3, 0.4) is 0 Å². The van der Waals surface area contributed by atoms with Crippen LogP contribution in [0.5, 0.6) is 0 Å². The van der Waals surface area contributed by atoms with E-state index in [1.165, 1.54) is 0 Å². The van der Waals surface area contributed by atoms with Crippen molar-refractivity contribution in [1.82, 2.24) is 9.78 Å². The third-order valence-electron chi connectivity index (χ3n) is 3.68. The molecule has 0 aliphatic carbocycles. The fourth-order valence-corrected chi connectivity index (χ4v) is 2.72. The molecule has 0 spiro atoms. The molecule has 0 N–H and O–H groups in total.